The molecule has 0 aliphatic rings. The number of hydrogen-bond acceptors (Lipinski definition) is 2. The van der Waals surface area contributed by atoms with Crippen LogP contribution >= 0.6 is 0 Å². The quantitative estimate of drug-likeness (QED) is 0.649. The lowest BCUT2D eigenvalue weighted by atomic mass is 10.1. The predicted octanol–water partition coefficient (Wildman–Crippen LogP) is 2.48. The third kappa shape index (κ3) is 2.59. The molecule has 0 saturated heterocycles. The largest absolute Gasteiger partial charge is 0.435 e. The molecule has 4 nitrogen and oxygen atoms in total. The number of aromatic nitrogens is 2. The van der Waals surface area contributed by atoms with Gasteiger partial charge in [-0.3, -0.25) is 5.41 Å². The van der Waals surface area contributed by atoms with Crippen LogP contribution in [0.5, 0.6) is 0 Å². The molecule has 0 bridgehead atoms. The molecule has 1 aromatic carbocycles. The lowest BCUT2D eigenvalue weighted by molar-refractivity contribution is -0.141. The van der Waals surface area contributed by atoms with E-state index in [0.29, 0.717) is 11.3 Å². The van der Waals surface area contributed by atoms with Gasteiger partial charge < -0.3 is 5.73 Å². The summed E-state index contributed by atoms with van der Waals surface area (Å²) in [5.41, 5.74) is 5.99. The van der Waals surface area contributed by atoms with Crippen molar-refractivity contribution in [3.8, 4) is 5.69 Å². The van der Waals surface area contributed by atoms with E-state index in [9.17, 15) is 13.2 Å². The molecule has 0 aliphatic heterocycles. The maximum absolute atomic E-state index is 12.5. The van der Waals surface area contributed by atoms with Gasteiger partial charge in [-0.2, -0.15) is 18.3 Å². The third-order valence-corrected chi connectivity index (χ3v) is 2.57. The van der Waals surface area contributed by atoms with Gasteiger partial charge in [0.1, 0.15) is 5.84 Å². The van der Waals surface area contributed by atoms with Crippen molar-refractivity contribution in [3.05, 3.63) is 47.3 Å². The van der Waals surface area contributed by atoms with Crippen LogP contribution in [0.1, 0.15) is 16.8 Å². The average Bonchev–Trinajstić information content (AvgIpc) is 2.77. The minimum absolute atomic E-state index is 0.220. The first-order valence-corrected chi connectivity index (χ1v) is 5.37. The van der Waals surface area contributed by atoms with Gasteiger partial charge in [-0.15, -0.1) is 0 Å². The van der Waals surface area contributed by atoms with Crippen LogP contribution in [0.2, 0.25) is 0 Å². The van der Waals surface area contributed by atoms with Gasteiger partial charge in [0.25, 0.3) is 0 Å². The number of aryl methyl sites for hydroxylation is 1. The van der Waals surface area contributed by atoms with Crippen LogP contribution < -0.4 is 5.73 Å². The van der Waals surface area contributed by atoms with Gasteiger partial charge in [0.2, 0.25) is 0 Å². The molecule has 2 rings (SSSR count). The van der Waals surface area contributed by atoms with Crippen LogP contribution in [0.25, 0.3) is 5.69 Å². The van der Waals surface area contributed by atoms with Gasteiger partial charge in [0.15, 0.2) is 5.69 Å². The molecule has 1 aromatic heterocycles. The molecule has 0 fully saturated rings. The molecule has 0 atom stereocenters. The Balaban J connectivity index is 2.53. The first kappa shape index (κ1) is 13.1. The fourth-order valence-electron chi connectivity index (χ4n) is 1.67. The second kappa shape index (κ2) is 4.42. The van der Waals surface area contributed by atoms with E-state index in [2.05, 4.69) is 5.10 Å². The molecule has 0 radical (unpaired) electrons. The molecule has 1 heterocycles. The molecular weight excluding hydrogens is 257 g/mol. The number of nitrogens with one attached hydrogen (secondary N) is 1. The van der Waals surface area contributed by atoms with E-state index in [1.807, 2.05) is 0 Å². The van der Waals surface area contributed by atoms with E-state index in [1.165, 1.54) is 6.20 Å². The van der Waals surface area contributed by atoms with Gasteiger partial charge in [0.05, 0.1) is 5.69 Å². The van der Waals surface area contributed by atoms with Crippen LogP contribution in [0.3, 0.4) is 0 Å². The summed E-state index contributed by atoms with van der Waals surface area (Å²) in [4.78, 5) is 0. The first-order valence-electron chi connectivity index (χ1n) is 5.37. The zero-order valence-electron chi connectivity index (χ0n) is 9.99. The molecule has 0 amide bonds. The number of rotatable bonds is 2. The highest BCUT2D eigenvalue weighted by Gasteiger charge is 2.33. The van der Waals surface area contributed by atoms with Crippen LogP contribution in [0.15, 0.2) is 30.5 Å². The minimum Gasteiger partial charge on any atom is -0.384 e. The number of benzene rings is 1. The van der Waals surface area contributed by atoms with Crippen molar-refractivity contribution in [3.63, 3.8) is 0 Å². The Labute approximate surface area is 107 Å². The van der Waals surface area contributed by atoms with E-state index in [4.69, 9.17) is 11.1 Å². The van der Waals surface area contributed by atoms with Crippen LogP contribution in [-0.2, 0) is 6.18 Å². The Hall–Kier alpha value is -2.31. The maximum Gasteiger partial charge on any atom is 0.435 e. The van der Waals surface area contributed by atoms with Crippen molar-refractivity contribution in [2.75, 3.05) is 0 Å². The fourth-order valence-corrected chi connectivity index (χ4v) is 1.67. The summed E-state index contributed by atoms with van der Waals surface area (Å²) in [5.74, 6) is -0.220. The number of hydrogen-bond donors (Lipinski definition) is 2. The van der Waals surface area contributed by atoms with E-state index in [1.54, 1.807) is 25.1 Å². The van der Waals surface area contributed by atoms with Crippen LogP contribution in [0, 0.1) is 12.3 Å². The van der Waals surface area contributed by atoms with Crippen molar-refractivity contribution >= 4 is 5.84 Å². The Morgan fingerprint density at radius 1 is 1.32 bits per heavy atom. The smallest absolute Gasteiger partial charge is 0.384 e. The molecule has 0 unspecified atom stereocenters. The van der Waals surface area contributed by atoms with Crippen LogP contribution in [0.4, 0.5) is 13.2 Å². The van der Waals surface area contributed by atoms with E-state index in [0.717, 1.165) is 16.3 Å². The van der Waals surface area contributed by atoms with Crippen molar-refractivity contribution in [2.45, 2.75) is 13.1 Å². The molecule has 19 heavy (non-hydrogen) atoms. The maximum atomic E-state index is 12.5. The molecule has 0 spiro atoms. The Bertz CT molecular complexity index is 628. The summed E-state index contributed by atoms with van der Waals surface area (Å²) >= 11 is 0. The number of halogens is 3. The summed E-state index contributed by atoms with van der Waals surface area (Å²) in [6.45, 7) is 1.81. The average molecular weight is 268 g/mol. The normalized spacial score (nSPS) is 11.6. The number of nitrogens with zero attached hydrogens (tertiary/aromatic N) is 2. The monoisotopic (exact) mass is 268 g/mol. The summed E-state index contributed by atoms with van der Waals surface area (Å²) in [7, 11) is 0. The van der Waals surface area contributed by atoms with E-state index < -0.39 is 11.9 Å². The number of nitrogens with two attached hydrogens (primary N) is 1. The highest BCUT2D eigenvalue weighted by Crippen LogP contribution is 2.28. The van der Waals surface area contributed by atoms with Crippen molar-refractivity contribution < 1.29 is 13.2 Å². The predicted molar refractivity (Wildman–Crippen MR) is 64.3 cm³/mol. The zero-order chi connectivity index (χ0) is 14.2. The Morgan fingerprint density at radius 3 is 2.53 bits per heavy atom. The van der Waals surface area contributed by atoms with Gasteiger partial charge in [-0.05, 0) is 25.1 Å². The minimum atomic E-state index is -4.49. The van der Waals surface area contributed by atoms with Crippen molar-refractivity contribution in [2.24, 2.45) is 5.73 Å². The van der Waals surface area contributed by atoms with Crippen molar-refractivity contribution in [1.29, 1.82) is 5.41 Å². The SMILES string of the molecule is Cc1ccc(-n2ccc(C(F)(F)F)n2)c(C(=N)N)c1. The molecule has 0 aliphatic carbocycles. The zero-order valence-corrected chi connectivity index (χ0v) is 9.99. The molecular formula is C12H11F3N4. The van der Waals surface area contributed by atoms with Gasteiger partial charge >= 0.3 is 6.18 Å². The number of alkyl halides is 3. The second-order valence-electron chi connectivity index (χ2n) is 4.08. The second-order valence-corrected chi connectivity index (χ2v) is 4.08. The van der Waals surface area contributed by atoms with Crippen molar-refractivity contribution in [1.82, 2.24) is 9.78 Å². The summed E-state index contributed by atoms with van der Waals surface area (Å²) in [5, 5.41) is 10.9. The highest BCUT2D eigenvalue weighted by molar-refractivity contribution is 5.98. The summed E-state index contributed by atoms with van der Waals surface area (Å²) < 4.78 is 38.6. The number of nitrogen functional groups attached to an aromatic ring is 1. The molecule has 7 heteroatoms. The first-order chi connectivity index (χ1) is 8.79. The number of amidine groups is 1. The third-order valence-electron chi connectivity index (χ3n) is 2.57. The Kier molecular flexibility index (Phi) is 3.05. The summed E-state index contributed by atoms with van der Waals surface area (Å²) in [6.07, 6.45) is -3.30. The van der Waals surface area contributed by atoms with Gasteiger partial charge in [-0.1, -0.05) is 11.6 Å². The lowest BCUT2D eigenvalue weighted by Crippen LogP contribution is -2.16. The van der Waals surface area contributed by atoms with E-state index in [-0.39, 0.29) is 5.84 Å². The van der Waals surface area contributed by atoms with E-state index >= 15 is 0 Å². The molecule has 0 saturated carbocycles. The lowest BCUT2D eigenvalue weighted by Gasteiger charge is -2.09. The Morgan fingerprint density at radius 2 is 2.00 bits per heavy atom. The standard InChI is InChI=1S/C12H11F3N4/c1-7-2-3-9(8(6-7)11(16)17)19-5-4-10(18-19)12(13,14)15/h2-6H,1H3,(H3,16,17). The fraction of sp³-hybridized carbons (Fsp3) is 0.167. The highest BCUT2D eigenvalue weighted by atomic mass is 19.4. The van der Waals surface area contributed by atoms with Crippen LogP contribution in [-0.4, -0.2) is 15.6 Å². The molecule has 2 aromatic rings. The molecule has 100 valence electrons. The van der Waals surface area contributed by atoms with Gasteiger partial charge in [-0.25, -0.2) is 4.68 Å². The van der Waals surface area contributed by atoms with Gasteiger partial charge in [0, 0.05) is 11.8 Å². The molecule has 3 N–H and O–H groups in total. The topological polar surface area (TPSA) is 67.7 Å². The summed E-state index contributed by atoms with van der Waals surface area (Å²) in [6, 6.07) is 5.81.